The van der Waals surface area contributed by atoms with Crippen LogP contribution in [0.5, 0.6) is 0 Å². The van der Waals surface area contributed by atoms with Crippen LogP contribution >= 0.6 is 0 Å². The molecule has 2 rings (SSSR count). The number of carbonyl (C=O) groups excluding carboxylic acids is 1. The molecule has 122 valence electrons. The van der Waals surface area contributed by atoms with E-state index in [-0.39, 0.29) is 13.0 Å². The van der Waals surface area contributed by atoms with Crippen molar-refractivity contribution in [3.8, 4) is 0 Å². The maximum atomic E-state index is 13.8. The highest BCUT2D eigenvalue weighted by Gasteiger charge is 2.39. The van der Waals surface area contributed by atoms with Crippen LogP contribution < -0.4 is 0 Å². The molecule has 1 heterocycles. The first-order valence-corrected chi connectivity index (χ1v) is 6.91. The topological polar surface area (TPSA) is 49.8 Å². The van der Waals surface area contributed by atoms with Gasteiger partial charge in [0.15, 0.2) is 11.6 Å². The number of hydrogen-bond acceptors (Lipinski definition) is 3. The van der Waals surface area contributed by atoms with Crippen LogP contribution in [0.3, 0.4) is 0 Å². The van der Waals surface area contributed by atoms with Gasteiger partial charge in [-0.25, -0.2) is 18.0 Å². The van der Waals surface area contributed by atoms with Gasteiger partial charge in [-0.3, -0.25) is 4.90 Å². The zero-order chi connectivity index (χ0) is 16.7. The number of nitrogens with zero attached hydrogens (tertiary/aromatic N) is 1. The zero-order valence-electron chi connectivity index (χ0n) is 12.6. The normalized spacial score (nSPS) is 22.0. The predicted octanol–water partition coefficient (Wildman–Crippen LogP) is 3.15. The monoisotopic (exact) mass is 317 g/mol. The summed E-state index contributed by atoms with van der Waals surface area (Å²) in [5.74, 6) is -4.19. The lowest BCUT2D eigenvalue weighted by Gasteiger charge is -2.26. The highest BCUT2D eigenvalue weighted by atomic mass is 19.2. The Morgan fingerprint density at radius 1 is 1.27 bits per heavy atom. The van der Waals surface area contributed by atoms with Crippen molar-refractivity contribution >= 4 is 6.09 Å². The smallest absolute Gasteiger partial charge is 0.412 e. The third kappa shape index (κ3) is 3.35. The van der Waals surface area contributed by atoms with Crippen LogP contribution in [-0.4, -0.2) is 34.5 Å². The summed E-state index contributed by atoms with van der Waals surface area (Å²) < 4.78 is 46.0. The van der Waals surface area contributed by atoms with Crippen molar-refractivity contribution in [2.75, 3.05) is 6.54 Å². The molecule has 7 heteroatoms. The predicted molar refractivity (Wildman–Crippen MR) is 72.6 cm³/mol. The van der Waals surface area contributed by atoms with Gasteiger partial charge in [0, 0.05) is 24.4 Å². The van der Waals surface area contributed by atoms with Gasteiger partial charge in [0.2, 0.25) is 0 Å². The van der Waals surface area contributed by atoms with Gasteiger partial charge in [-0.1, -0.05) is 0 Å². The molecule has 0 unspecified atom stereocenters. The third-order valence-corrected chi connectivity index (χ3v) is 3.39. The molecule has 1 amide bonds. The lowest BCUT2D eigenvalue weighted by atomic mass is 9.96. The number of aliphatic hydroxyl groups is 1. The van der Waals surface area contributed by atoms with E-state index in [0.29, 0.717) is 6.07 Å². The lowest BCUT2D eigenvalue weighted by molar-refractivity contribution is -0.0128. The van der Waals surface area contributed by atoms with Crippen molar-refractivity contribution in [3.05, 3.63) is 35.1 Å². The Bertz CT molecular complexity index is 586. The summed E-state index contributed by atoms with van der Waals surface area (Å²) in [5, 5.41) is 9.93. The fourth-order valence-electron chi connectivity index (χ4n) is 2.46. The van der Waals surface area contributed by atoms with Crippen molar-refractivity contribution in [2.24, 2.45) is 0 Å². The van der Waals surface area contributed by atoms with Gasteiger partial charge >= 0.3 is 6.09 Å². The molecule has 2 atom stereocenters. The number of halogens is 3. The molecule has 0 aromatic heterocycles. The van der Waals surface area contributed by atoms with Crippen LogP contribution in [0.15, 0.2) is 12.1 Å². The molecule has 0 spiro atoms. The first kappa shape index (κ1) is 16.6. The summed E-state index contributed by atoms with van der Waals surface area (Å²) in [4.78, 5) is 13.0. The molecular weight excluding hydrogens is 299 g/mol. The van der Waals surface area contributed by atoms with E-state index in [1.54, 1.807) is 20.8 Å². The largest absolute Gasteiger partial charge is 0.444 e. The third-order valence-electron chi connectivity index (χ3n) is 3.39. The molecule has 1 aliphatic rings. The van der Waals surface area contributed by atoms with E-state index in [9.17, 15) is 23.1 Å². The number of carbonyl (C=O) groups is 1. The fourth-order valence-corrected chi connectivity index (χ4v) is 2.46. The van der Waals surface area contributed by atoms with E-state index in [0.717, 1.165) is 11.0 Å². The molecule has 1 aromatic rings. The minimum absolute atomic E-state index is 0.0868. The van der Waals surface area contributed by atoms with Crippen LogP contribution in [0.2, 0.25) is 0 Å². The number of rotatable bonds is 1. The van der Waals surface area contributed by atoms with Crippen LogP contribution in [0.4, 0.5) is 18.0 Å². The van der Waals surface area contributed by atoms with Crippen molar-refractivity contribution in [1.82, 2.24) is 4.90 Å². The Labute approximate surface area is 126 Å². The minimum atomic E-state index is -1.29. The van der Waals surface area contributed by atoms with Crippen LogP contribution in [0, 0.1) is 17.5 Å². The second kappa shape index (κ2) is 5.79. The molecule has 1 fully saturated rings. The summed E-state index contributed by atoms with van der Waals surface area (Å²) in [6, 6.07) is 1.53. The van der Waals surface area contributed by atoms with Gasteiger partial charge in [0.1, 0.15) is 17.6 Å². The quantitative estimate of drug-likeness (QED) is 0.810. The molecule has 0 bridgehead atoms. The number of likely N-dealkylation sites (tertiary alicyclic amines) is 1. The summed E-state index contributed by atoms with van der Waals surface area (Å²) in [7, 11) is 0. The molecule has 0 aliphatic carbocycles. The Balaban J connectivity index is 2.21. The van der Waals surface area contributed by atoms with Gasteiger partial charge < -0.3 is 9.84 Å². The van der Waals surface area contributed by atoms with Crippen molar-refractivity contribution < 1.29 is 27.8 Å². The number of ether oxygens (including phenoxy) is 1. The van der Waals surface area contributed by atoms with Gasteiger partial charge in [-0.05, 0) is 32.9 Å². The van der Waals surface area contributed by atoms with Gasteiger partial charge in [0.05, 0.1) is 0 Å². The summed E-state index contributed by atoms with van der Waals surface area (Å²) >= 11 is 0. The molecule has 1 saturated heterocycles. The van der Waals surface area contributed by atoms with E-state index in [4.69, 9.17) is 4.74 Å². The maximum absolute atomic E-state index is 13.8. The Hall–Kier alpha value is -1.76. The summed E-state index contributed by atoms with van der Waals surface area (Å²) in [6.07, 6.45) is -2.10. The average molecular weight is 317 g/mol. The SMILES string of the molecule is CC(C)(C)OC(=O)N1C[C@@H](c2c(F)ccc(F)c2F)C[C@H]1O. The Kier molecular flexibility index (Phi) is 4.37. The molecule has 1 N–H and O–H groups in total. The lowest BCUT2D eigenvalue weighted by Crippen LogP contribution is -2.39. The van der Waals surface area contributed by atoms with E-state index in [2.05, 4.69) is 0 Å². The summed E-state index contributed by atoms with van der Waals surface area (Å²) in [5.41, 5.74) is -1.21. The van der Waals surface area contributed by atoms with Crippen molar-refractivity contribution in [3.63, 3.8) is 0 Å². The highest BCUT2D eigenvalue weighted by Crippen LogP contribution is 2.35. The molecular formula is C15H18F3NO3. The second-order valence-electron chi connectivity index (χ2n) is 6.30. The van der Waals surface area contributed by atoms with Gasteiger partial charge in [-0.2, -0.15) is 0 Å². The van der Waals surface area contributed by atoms with E-state index >= 15 is 0 Å². The number of aliphatic hydroxyl groups excluding tert-OH is 1. The standard InChI is InChI=1S/C15H18F3NO3/c1-15(2,3)22-14(21)19-7-8(6-11(19)20)12-9(16)4-5-10(17)13(12)18/h4-5,8,11,20H,6-7H2,1-3H3/t8-,11+/m0/s1. The number of benzene rings is 1. The summed E-state index contributed by atoms with van der Waals surface area (Å²) in [6.45, 7) is 4.84. The maximum Gasteiger partial charge on any atom is 0.412 e. The molecule has 0 radical (unpaired) electrons. The molecule has 0 saturated carbocycles. The zero-order valence-corrected chi connectivity index (χ0v) is 12.6. The molecule has 1 aliphatic heterocycles. The van der Waals surface area contributed by atoms with Crippen LogP contribution in [-0.2, 0) is 4.74 Å². The van der Waals surface area contributed by atoms with Gasteiger partial charge in [0.25, 0.3) is 0 Å². The second-order valence-corrected chi connectivity index (χ2v) is 6.30. The minimum Gasteiger partial charge on any atom is -0.444 e. The first-order chi connectivity index (χ1) is 10.1. The van der Waals surface area contributed by atoms with Crippen LogP contribution in [0.25, 0.3) is 0 Å². The van der Waals surface area contributed by atoms with E-state index < -0.39 is 46.9 Å². The highest BCUT2D eigenvalue weighted by molar-refractivity contribution is 5.69. The van der Waals surface area contributed by atoms with Crippen molar-refractivity contribution in [1.29, 1.82) is 0 Å². The molecule has 1 aromatic carbocycles. The van der Waals surface area contributed by atoms with E-state index in [1.807, 2.05) is 0 Å². The average Bonchev–Trinajstić information content (AvgIpc) is 2.74. The van der Waals surface area contributed by atoms with Crippen LogP contribution in [0.1, 0.15) is 38.7 Å². The van der Waals surface area contributed by atoms with E-state index in [1.165, 1.54) is 0 Å². The number of amides is 1. The Morgan fingerprint density at radius 3 is 2.45 bits per heavy atom. The molecule has 4 nitrogen and oxygen atoms in total. The number of hydrogen-bond donors (Lipinski definition) is 1. The first-order valence-electron chi connectivity index (χ1n) is 6.91. The van der Waals surface area contributed by atoms with Gasteiger partial charge in [-0.15, -0.1) is 0 Å². The fraction of sp³-hybridized carbons (Fsp3) is 0.533. The Morgan fingerprint density at radius 2 is 1.86 bits per heavy atom. The van der Waals surface area contributed by atoms with Crippen molar-refractivity contribution in [2.45, 2.75) is 44.9 Å². The molecule has 22 heavy (non-hydrogen) atoms.